The van der Waals surface area contributed by atoms with Crippen molar-refractivity contribution in [2.24, 2.45) is 5.73 Å². The molecular weight excluding hydrogens is 389 g/mol. The zero-order valence-corrected chi connectivity index (χ0v) is 14.9. The summed E-state index contributed by atoms with van der Waals surface area (Å²) in [6.45, 7) is 0. The summed E-state index contributed by atoms with van der Waals surface area (Å²) >= 11 is 0. The number of hydrogen-bond acceptors (Lipinski definition) is 5. The fraction of sp³-hybridized carbons (Fsp3) is 0.211. The molecule has 1 aliphatic carbocycles. The Morgan fingerprint density at radius 2 is 1.97 bits per heavy atom. The van der Waals surface area contributed by atoms with Crippen LogP contribution in [0, 0.1) is 5.95 Å². The molecule has 0 bridgehead atoms. The number of anilines is 1. The lowest BCUT2D eigenvalue weighted by Crippen LogP contribution is -2.81. The van der Waals surface area contributed by atoms with Crippen molar-refractivity contribution in [1.82, 2.24) is 4.98 Å². The average molecular weight is 405 g/mol. The van der Waals surface area contributed by atoms with Crippen molar-refractivity contribution in [3.05, 3.63) is 60.3 Å². The molecule has 1 aromatic carbocycles. The zero-order chi connectivity index (χ0) is 20.6. The molecule has 29 heavy (non-hydrogen) atoms. The van der Waals surface area contributed by atoms with Gasteiger partial charge in [0, 0.05) is 30.2 Å². The first kappa shape index (κ1) is 18.8. The smallest absolute Gasteiger partial charge is 0.395 e. The van der Waals surface area contributed by atoms with Crippen molar-refractivity contribution in [2.75, 3.05) is 5.32 Å². The second kappa shape index (κ2) is 6.80. The number of hydrogen-bond donors (Lipinski definition) is 3. The number of amides is 1. The van der Waals surface area contributed by atoms with Gasteiger partial charge in [0.05, 0.1) is 5.41 Å². The lowest BCUT2D eigenvalue weighted by molar-refractivity contribution is -0.381. The number of ether oxygens (including phenoxy) is 2. The van der Waals surface area contributed by atoms with Crippen LogP contribution in [0.15, 0.2) is 48.8 Å². The van der Waals surface area contributed by atoms with Gasteiger partial charge in [0.2, 0.25) is 5.95 Å². The normalized spacial score (nSPS) is 18.7. The molecule has 10 heteroatoms. The van der Waals surface area contributed by atoms with Crippen molar-refractivity contribution in [3.8, 4) is 11.5 Å². The number of nitrogens with zero attached hydrogens (tertiary/aromatic N) is 1. The fourth-order valence-corrected chi connectivity index (χ4v) is 3.03. The first-order chi connectivity index (χ1) is 13.8. The molecule has 0 atom stereocenters. The quantitative estimate of drug-likeness (QED) is 0.392. The molecule has 7 nitrogen and oxygen atoms in total. The molecular formula is C19H16F3N4O3+. The highest BCUT2D eigenvalue weighted by Crippen LogP contribution is 2.51. The summed E-state index contributed by atoms with van der Waals surface area (Å²) in [5, 5.41) is 2.80. The summed E-state index contributed by atoms with van der Waals surface area (Å²) in [7, 11) is 0. The Labute approximate surface area is 163 Å². The van der Waals surface area contributed by atoms with Gasteiger partial charge in [-0.1, -0.05) is 6.07 Å². The Balaban J connectivity index is 1.46. The van der Waals surface area contributed by atoms with Crippen molar-refractivity contribution < 1.29 is 32.4 Å². The molecule has 1 saturated carbocycles. The topological polar surface area (TPSA) is 100 Å². The van der Waals surface area contributed by atoms with E-state index in [1.807, 2.05) is 0 Å². The molecule has 2 heterocycles. The minimum atomic E-state index is -3.71. The van der Waals surface area contributed by atoms with Gasteiger partial charge in [-0.15, -0.1) is 8.78 Å². The molecule has 2 aromatic rings. The van der Waals surface area contributed by atoms with Gasteiger partial charge < -0.3 is 14.8 Å². The van der Waals surface area contributed by atoms with Crippen LogP contribution in [0.1, 0.15) is 18.4 Å². The van der Waals surface area contributed by atoms with Gasteiger partial charge in [-0.3, -0.25) is 5.73 Å². The van der Waals surface area contributed by atoms with E-state index in [2.05, 4.69) is 24.8 Å². The molecule has 0 saturated heterocycles. The van der Waals surface area contributed by atoms with Gasteiger partial charge in [-0.25, -0.2) is 14.8 Å². The van der Waals surface area contributed by atoms with Gasteiger partial charge in [0.25, 0.3) is 5.84 Å². The molecule has 150 valence electrons. The Kier molecular flexibility index (Phi) is 4.40. The number of pyridine rings is 1. The number of alkyl halides is 2. The average Bonchev–Trinajstić information content (AvgIpc) is 3.39. The maximum Gasteiger partial charge on any atom is 0.586 e. The van der Waals surface area contributed by atoms with E-state index in [0.29, 0.717) is 24.1 Å². The number of rotatable bonds is 5. The third-order valence-electron chi connectivity index (χ3n) is 4.64. The van der Waals surface area contributed by atoms with E-state index in [1.165, 1.54) is 36.7 Å². The lowest BCUT2D eigenvalue weighted by Gasteiger charge is -2.10. The highest BCUT2D eigenvalue weighted by Gasteiger charge is 2.54. The number of benzene rings is 1. The van der Waals surface area contributed by atoms with E-state index in [9.17, 15) is 18.0 Å². The van der Waals surface area contributed by atoms with Crippen LogP contribution in [-0.4, -0.2) is 23.0 Å². The van der Waals surface area contributed by atoms with Gasteiger partial charge in [-0.05, 0) is 36.6 Å². The molecule has 4 rings (SSSR count). The molecule has 1 aromatic heterocycles. The second-order valence-corrected chi connectivity index (χ2v) is 6.67. The number of nitrogens with two attached hydrogens (primary N) is 1. The predicted octanol–water partition coefficient (Wildman–Crippen LogP) is 1.16. The molecule has 1 fully saturated rings. The maximum atomic E-state index is 13.2. The summed E-state index contributed by atoms with van der Waals surface area (Å²) in [5.41, 5.74) is 5.96. The van der Waals surface area contributed by atoms with E-state index in [4.69, 9.17) is 5.73 Å². The SMILES string of the molecule is NC(/C=C\Nc1ccnc(F)c1)=[NH+]C(=O)C1(c2ccc3c(c2)OC(F)(F)O3)CC1. The Morgan fingerprint density at radius 3 is 2.69 bits per heavy atom. The Hall–Kier alpha value is -3.56. The zero-order valence-electron chi connectivity index (χ0n) is 14.9. The lowest BCUT2D eigenvalue weighted by atomic mass is 9.95. The number of amidine groups is 1. The monoisotopic (exact) mass is 405 g/mol. The molecule has 0 radical (unpaired) electrons. The largest absolute Gasteiger partial charge is 0.586 e. The van der Waals surface area contributed by atoms with Crippen LogP contribution in [0.2, 0.25) is 0 Å². The van der Waals surface area contributed by atoms with Crippen LogP contribution >= 0.6 is 0 Å². The second-order valence-electron chi connectivity index (χ2n) is 6.67. The predicted molar refractivity (Wildman–Crippen MR) is 95.7 cm³/mol. The highest BCUT2D eigenvalue weighted by atomic mass is 19.3. The minimum absolute atomic E-state index is 0.0654. The number of carbonyl (C=O) groups is 1. The van der Waals surface area contributed by atoms with E-state index in [-0.39, 0.29) is 23.2 Å². The van der Waals surface area contributed by atoms with Crippen molar-refractivity contribution in [2.45, 2.75) is 24.6 Å². The number of fused-ring (bicyclic) bond motifs is 1. The molecule has 0 unspecified atom stereocenters. The van der Waals surface area contributed by atoms with E-state index < -0.39 is 17.7 Å². The van der Waals surface area contributed by atoms with Crippen molar-refractivity contribution in [3.63, 3.8) is 0 Å². The number of nitrogens with one attached hydrogen (secondary N) is 2. The summed E-state index contributed by atoms with van der Waals surface area (Å²) in [5.74, 6) is -1.12. The van der Waals surface area contributed by atoms with Gasteiger partial charge in [0.1, 0.15) is 0 Å². The van der Waals surface area contributed by atoms with E-state index in [0.717, 1.165) is 0 Å². The summed E-state index contributed by atoms with van der Waals surface area (Å²) in [6.07, 6.45) is 1.52. The van der Waals surface area contributed by atoms with Crippen LogP contribution in [-0.2, 0) is 10.2 Å². The standard InChI is InChI=1S/C19H15F3N4O3/c20-15-10-12(3-7-25-15)24-8-4-16(23)26-17(27)18(5-6-18)11-1-2-13-14(9-11)29-19(21,22)28-13/h1-4,7-10H,5-6H2,(H,24,25)(H2,23,26,27)/p+1/b8-4-. The van der Waals surface area contributed by atoms with Crippen LogP contribution < -0.4 is 25.5 Å². The number of halogens is 3. The molecule has 1 aliphatic heterocycles. The van der Waals surface area contributed by atoms with E-state index in [1.54, 1.807) is 12.1 Å². The third-order valence-corrected chi connectivity index (χ3v) is 4.64. The Bertz CT molecular complexity index is 1040. The Morgan fingerprint density at radius 1 is 1.21 bits per heavy atom. The van der Waals surface area contributed by atoms with Crippen LogP contribution in [0.3, 0.4) is 0 Å². The van der Waals surface area contributed by atoms with Crippen molar-refractivity contribution >= 4 is 17.4 Å². The summed E-state index contributed by atoms with van der Waals surface area (Å²) < 4.78 is 48.2. The summed E-state index contributed by atoms with van der Waals surface area (Å²) in [4.78, 5) is 18.7. The number of carbonyl (C=O) groups excluding carboxylic acids is 1. The fourth-order valence-electron chi connectivity index (χ4n) is 3.03. The molecule has 4 N–H and O–H groups in total. The minimum Gasteiger partial charge on any atom is -0.395 e. The highest BCUT2D eigenvalue weighted by molar-refractivity contribution is 5.93. The van der Waals surface area contributed by atoms with E-state index >= 15 is 0 Å². The maximum absolute atomic E-state index is 13.2. The molecule has 0 spiro atoms. The third kappa shape index (κ3) is 3.86. The van der Waals surface area contributed by atoms with Gasteiger partial charge in [-0.2, -0.15) is 4.39 Å². The van der Waals surface area contributed by atoms with Crippen LogP contribution in [0.5, 0.6) is 11.5 Å². The van der Waals surface area contributed by atoms with Gasteiger partial charge in [0.15, 0.2) is 11.5 Å². The summed E-state index contributed by atoms with van der Waals surface area (Å²) in [6, 6.07) is 7.05. The molecule has 2 aliphatic rings. The first-order valence-corrected chi connectivity index (χ1v) is 8.66. The van der Waals surface area contributed by atoms with Crippen LogP contribution in [0.4, 0.5) is 18.9 Å². The molecule has 1 amide bonds. The number of aromatic nitrogens is 1. The van der Waals surface area contributed by atoms with Gasteiger partial charge >= 0.3 is 12.2 Å². The first-order valence-electron chi connectivity index (χ1n) is 8.66. The van der Waals surface area contributed by atoms with Crippen molar-refractivity contribution in [1.29, 1.82) is 0 Å². The van der Waals surface area contributed by atoms with Crippen LogP contribution in [0.25, 0.3) is 0 Å².